The van der Waals surface area contributed by atoms with Crippen LogP contribution in [-0.4, -0.2) is 15.8 Å². The molecule has 108 valence electrons. The van der Waals surface area contributed by atoms with E-state index in [1.54, 1.807) is 12.1 Å². The van der Waals surface area contributed by atoms with Crippen LogP contribution in [-0.2, 0) is 6.54 Å². The van der Waals surface area contributed by atoms with Gasteiger partial charge in [-0.05, 0) is 34.1 Å². The molecule has 21 heavy (non-hydrogen) atoms. The Bertz CT molecular complexity index is 706. The summed E-state index contributed by atoms with van der Waals surface area (Å²) in [5.41, 5.74) is 6.65. The Morgan fingerprint density at radius 1 is 1.38 bits per heavy atom. The van der Waals surface area contributed by atoms with Gasteiger partial charge in [-0.3, -0.25) is 19.9 Å². The number of amides is 1. The molecule has 1 amide bonds. The van der Waals surface area contributed by atoms with Crippen molar-refractivity contribution in [3.8, 4) is 0 Å². The summed E-state index contributed by atoms with van der Waals surface area (Å²) in [4.78, 5) is 26.4. The lowest BCUT2D eigenvalue weighted by Gasteiger charge is -2.08. The van der Waals surface area contributed by atoms with Gasteiger partial charge in [0.15, 0.2) is 0 Å². The third-order valence-electron chi connectivity index (χ3n) is 2.70. The molecule has 0 spiro atoms. The van der Waals surface area contributed by atoms with E-state index in [0.717, 1.165) is 0 Å². The summed E-state index contributed by atoms with van der Waals surface area (Å²) in [5, 5.41) is 13.4. The zero-order valence-corrected chi connectivity index (χ0v) is 12.3. The smallest absolute Gasteiger partial charge is 0.271 e. The molecule has 1 aromatic carbocycles. The fraction of sp³-hybridized carbons (Fsp3) is 0.0769. The molecule has 0 aliphatic carbocycles. The number of benzene rings is 1. The number of nitrogens with two attached hydrogens (primary N) is 1. The van der Waals surface area contributed by atoms with Crippen LogP contribution in [0, 0.1) is 10.1 Å². The largest absolute Gasteiger partial charge is 0.325 e. The lowest BCUT2D eigenvalue weighted by Crippen LogP contribution is -2.13. The third kappa shape index (κ3) is 3.61. The Hall–Kier alpha value is -2.32. The number of nitrogens with zero attached hydrogens (tertiary/aromatic N) is 2. The van der Waals surface area contributed by atoms with E-state index < -0.39 is 10.8 Å². The monoisotopic (exact) mass is 350 g/mol. The van der Waals surface area contributed by atoms with Gasteiger partial charge in [-0.15, -0.1) is 0 Å². The predicted molar refractivity (Wildman–Crippen MR) is 80.9 cm³/mol. The third-order valence-corrected chi connectivity index (χ3v) is 3.39. The molecule has 0 aliphatic rings. The van der Waals surface area contributed by atoms with Crippen LogP contribution in [0.1, 0.15) is 16.1 Å². The fourth-order valence-electron chi connectivity index (χ4n) is 1.65. The molecule has 1 aromatic heterocycles. The molecule has 0 radical (unpaired) electrons. The van der Waals surface area contributed by atoms with Crippen LogP contribution in [0.15, 0.2) is 41.0 Å². The number of hydrogen-bond acceptors (Lipinski definition) is 5. The van der Waals surface area contributed by atoms with E-state index in [-0.39, 0.29) is 12.2 Å². The van der Waals surface area contributed by atoms with Crippen molar-refractivity contribution in [1.29, 1.82) is 0 Å². The van der Waals surface area contributed by atoms with Crippen LogP contribution >= 0.6 is 15.9 Å². The van der Waals surface area contributed by atoms with Gasteiger partial charge in [0, 0.05) is 34.9 Å². The number of carbonyl (C=O) groups is 1. The van der Waals surface area contributed by atoms with Crippen molar-refractivity contribution >= 4 is 33.2 Å². The first kappa shape index (κ1) is 15.1. The van der Waals surface area contributed by atoms with E-state index in [2.05, 4.69) is 26.2 Å². The number of nitro benzene ring substituents is 1. The number of aromatic nitrogens is 1. The molecule has 2 rings (SSSR count). The predicted octanol–water partition coefficient (Wildman–Crippen LogP) is 2.46. The highest BCUT2D eigenvalue weighted by Gasteiger charge is 2.13. The summed E-state index contributed by atoms with van der Waals surface area (Å²) < 4.78 is 0.551. The van der Waals surface area contributed by atoms with Crippen LogP contribution in [0.25, 0.3) is 0 Å². The molecule has 2 aromatic rings. The minimum atomic E-state index is -0.527. The van der Waals surface area contributed by atoms with Gasteiger partial charge in [0.05, 0.1) is 16.3 Å². The summed E-state index contributed by atoms with van der Waals surface area (Å²) >= 11 is 3.24. The number of nitrogens with one attached hydrogen (secondary N) is 1. The zero-order valence-electron chi connectivity index (χ0n) is 10.7. The van der Waals surface area contributed by atoms with Crippen molar-refractivity contribution in [1.82, 2.24) is 4.98 Å². The van der Waals surface area contributed by atoms with Crippen molar-refractivity contribution in [2.24, 2.45) is 5.73 Å². The van der Waals surface area contributed by atoms with Gasteiger partial charge in [-0.2, -0.15) is 0 Å². The van der Waals surface area contributed by atoms with E-state index in [1.807, 2.05) is 0 Å². The van der Waals surface area contributed by atoms with Crippen LogP contribution in [0.2, 0.25) is 0 Å². The number of non-ortho nitro benzene ring substituents is 1. The Labute approximate surface area is 128 Å². The van der Waals surface area contributed by atoms with Crippen LogP contribution < -0.4 is 11.1 Å². The van der Waals surface area contributed by atoms with Crippen molar-refractivity contribution < 1.29 is 9.72 Å². The maximum Gasteiger partial charge on any atom is 0.271 e. The number of pyridine rings is 1. The fourth-order valence-corrected chi connectivity index (χ4v) is 1.99. The molecule has 8 heteroatoms. The van der Waals surface area contributed by atoms with E-state index >= 15 is 0 Å². The van der Waals surface area contributed by atoms with Crippen molar-refractivity contribution in [2.45, 2.75) is 6.54 Å². The molecule has 7 nitrogen and oxygen atoms in total. The zero-order chi connectivity index (χ0) is 15.4. The SMILES string of the molecule is NCc1cc(C(=O)Nc2cc([N+](=O)[O-])ccc2Br)ccn1. The van der Waals surface area contributed by atoms with Crippen molar-refractivity contribution in [3.05, 3.63) is 62.4 Å². The number of halogens is 1. The molecule has 0 saturated carbocycles. The molecule has 0 atom stereocenters. The van der Waals surface area contributed by atoms with Gasteiger partial charge in [-0.1, -0.05) is 0 Å². The number of hydrogen-bond donors (Lipinski definition) is 2. The van der Waals surface area contributed by atoms with Gasteiger partial charge in [-0.25, -0.2) is 0 Å². The molecule has 0 fully saturated rings. The van der Waals surface area contributed by atoms with Gasteiger partial charge in [0.1, 0.15) is 0 Å². The average Bonchev–Trinajstić information content (AvgIpc) is 2.49. The van der Waals surface area contributed by atoms with Crippen LogP contribution in [0.5, 0.6) is 0 Å². The molecular weight excluding hydrogens is 340 g/mol. The van der Waals surface area contributed by atoms with Crippen molar-refractivity contribution in [3.63, 3.8) is 0 Å². The number of rotatable bonds is 4. The first-order chi connectivity index (χ1) is 10.0. The van der Waals surface area contributed by atoms with Crippen molar-refractivity contribution in [2.75, 3.05) is 5.32 Å². The van der Waals surface area contributed by atoms with Gasteiger partial charge < -0.3 is 11.1 Å². The second-order valence-electron chi connectivity index (χ2n) is 4.12. The Morgan fingerprint density at radius 2 is 2.14 bits per heavy atom. The van der Waals surface area contributed by atoms with Gasteiger partial charge in [0.2, 0.25) is 0 Å². The van der Waals surface area contributed by atoms with E-state index in [0.29, 0.717) is 21.4 Å². The lowest BCUT2D eigenvalue weighted by molar-refractivity contribution is -0.384. The first-order valence-corrected chi connectivity index (χ1v) is 6.71. The summed E-state index contributed by atoms with van der Waals surface area (Å²) in [6, 6.07) is 7.25. The Morgan fingerprint density at radius 3 is 2.81 bits per heavy atom. The maximum atomic E-state index is 12.1. The molecule has 0 bridgehead atoms. The van der Waals surface area contributed by atoms with Crippen LogP contribution in [0.4, 0.5) is 11.4 Å². The second-order valence-corrected chi connectivity index (χ2v) is 4.97. The molecule has 1 heterocycles. The molecule has 0 unspecified atom stereocenters. The molecule has 0 aliphatic heterocycles. The number of anilines is 1. The molecule has 0 saturated heterocycles. The minimum absolute atomic E-state index is 0.106. The first-order valence-electron chi connectivity index (χ1n) is 5.91. The summed E-state index contributed by atoms with van der Waals surface area (Å²) in [6.45, 7) is 0.224. The van der Waals surface area contributed by atoms with Gasteiger partial charge in [0.25, 0.3) is 11.6 Å². The summed E-state index contributed by atoms with van der Waals surface area (Å²) in [5.74, 6) is -0.395. The highest BCUT2D eigenvalue weighted by molar-refractivity contribution is 9.10. The normalized spacial score (nSPS) is 10.2. The van der Waals surface area contributed by atoms with Crippen LogP contribution in [0.3, 0.4) is 0 Å². The van der Waals surface area contributed by atoms with Gasteiger partial charge >= 0.3 is 0 Å². The summed E-state index contributed by atoms with van der Waals surface area (Å²) in [7, 11) is 0. The maximum absolute atomic E-state index is 12.1. The minimum Gasteiger partial charge on any atom is -0.325 e. The molecular formula is C13H11BrN4O3. The molecule has 3 N–H and O–H groups in total. The van der Waals surface area contributed by atoms with E-state index in [9.17, 15) is 14.9 Å². The highest BCUT2D eigenvalue weighted by atomic mass is 79.9. The van der Waals surface area contributed by atoms with E-state index in [1.165, 1.54) is 24.4 Å². The second kappa shape index (κ2) is 6.42. The standard InChI is InChI=1S/C13H11BrN4O3/c14-11-2-1-10(18(20)21)6-12(11)17-13(19)8-3-4-16-9(5-8)7-15/h1-6H,7,15H2,(H,17,19). The number of nitro groups is 1. The highest BCUT2D eigenvalue weighted by Crippen LogP contribution is 2.27. The van der Waals surface area contributed by atoms with E-state index in [4.69, 9.17) is 5.73 Å². The lowest BCUT2D eigenvalue weighted by atomic mass is 10.2. The Balaban J connectivity index is 2.26. The quantitative estimate of drug-likeness (QED) is 0.649. The number of carbonyl (C=O) groups excluding carboxylic acids is 1. The topological polar surface area (TPSA) is 111 Å². The average molecular weight is 351 g/mol. The Kier molecular flexibility index (Phi) is 4.61. The summed E-state index contributed by atoms with van der Waals surface area (Å²) in [6.07, 6.45) is 1.49.